The summed E-state index contributed by atoms with van der Waals surface area (Å²) in [5.74, 6) is 0.454. The van der Waals surface area contributed by atoms with Gasteiger partial charge in [0.25, 0.3) is 0 Å². The number of anilines is 1. The van der Waals surface area contributed by atoms with Crippen LogP contribution in [0.15, 0.2) is 30.5 Å². The van der Waals surface area contributed by atoms with E-state index in [0.717, 1.165) is 12.1 Å². The van der Waals surface area contributed by atoms with Crippen molar-refractivity contribution >= 4 is 29.0 Å². The Kier molecular flexibility index (Phi) is 4.72. The van der Waals surface area contributed by atoms with Crippen molar-refractivity contribution in [3.8, 4) is 5.75 Å². The van der Waals surface area contributed by atoms with E-state index >= 15 is 0 Å². The second-order valence-electron chi connectivity index (χ2n) is 4.50. The fourth-order valence-corrected chi connectivity index (χ4v) is 2.68. The Labute approximate surface area is 134 Å². The minimum atomic E-state index is -4.52. The Morgan fingerprint density at radius 2 is 1.82 bits per heavy atom. The molecule has 0 saturated carbocycles. The van der Waals surface area contributed by atoms with Crippen LogP contribution in [-0.4, -0.2) is 4.98 Å². The molecule has 2 aromatic rings. The number of ether oxygens (including phenoxy) is 1. The van der Waals surface area contributed by atoms with Crippen LogP contribution in [0.25, 0.3) is 0 Å². The SMILES string of the molecule is CC(Oc1cccnc1N)c1c(Cl)cc(C(F)(F)F)cc1Cl. The summed E-state index contributed by atoms with van der Waals surface area (Å²) < 4.78 is 43.7. The maximum Gasteiger partial charge on any atom is 0.416 e. The van der Waals surface area contributed by atoms with Gasteiger partial charge in [0, 0.05) is 21.8 Å². The number of aromatic nitrogens is 1. The zero-order valence-corrected chi connectivity index (χ0v) is 12.8. The number of halogens is 5. The summed E-state index contributed by atoms with van der Waals surface area (Å²) in [6.07, 6.45) is -3.73. The fraction of sp³-hybridized carbons (Fsp3) is 0.214. The van der Waals surface area contributed by atoms with Crippen molar-refractivity contribution < 1.29 is 17.9 Å². The van der Waals surface area contributed by atoms with Gasteiger partial charge >= 0.3 is 6.18 Å². The molecule has 118 valence electrons. The first kappa shape index (κ1) is 16.7. The molecular formula is C14H11Cl2F3N2O. The number of nitrogens with zero attached hydrogens (tertiary/aromatic N) is 1. The van der Waals surface area contributed by atoms with Crippen molar-refractivity contribution in [2.24, 2.45) is 0 Å². The lowest BCUT2D eigenvalue weighted by atomic mass is 10.1. The molecule has 0 spiro atoms. The van der Waals surface area contributed by atoms with Gasteiger partial charge in [0.2, 0.25) is 0 Å². The van der Waals surface area contributed by atoms with E-state index < -0.39 is 17.8 Å². The second kappa shape index (κ2) is 6.22. The summed E-state index contributed by atoms with van der Waals surface area (Å²) in [5.41, 5.74) is 4.99. The van der Waals surface area contributed by atoms with E-state index in [1.807, 2.05) is 0 Å². The molecule has 22 heavy (non-hydrogen) atoms. The summed E-state index contributed by atoms with van der Waals surface area (Å²) in [7, 11) is 0. The van der Waals surface area contributed by atoms with Crippen molar-refractivity contribution in [3.05, 3.63) is 51.6 Å². The second-order valence-corrected chi connectivity index (χ2v) is 5.31. The van der Waals surface area contributed by atoms with Crippen LogP contribution in [0.5, 0.6) is 5.75 Å². The molecule has 1 aromatic carbocycles. The van der Waals surface area contributed by atoms with E-state index in [1.165, 1.54) is 6.20 Å². The molecule has 2 N–H and O–H groups in total. The fourth-order valence-electron chi connectivity index (χ4n) is 1.89. The van der Waals surface area contributed by atoms with Gasteiger partial charge in [-0.1, -0.05) is 23.2 Å². The number of benzene rings is 1. The molecule has 0 radical (unpaired) electrons. The minimum absolute atomic E-state index is 0.130. The van der Waals surface area contributed by atoms with Crippen LogP contribution in [0.4, 0.5) is 19.0 Å². The molecule has 8 heteroatoms. The monoisotopic (exact) mass is 350 g/mol. The number of alkyl halides is 3. The first-order valence-corrected chi connectivity index (χ1v) is 6.89. The Morgan fingerprint density at radius 3 is 2.32 bits per heavy atom. The topological polar surface area (TPSA) is 48.1 Å². The molecule has 0 aliphatic heterocycles. The molecule has 1 unspecified atom stereocenters. The van der Waals surface area contributed by atoms with E-state index in [4.69, 9.17) is 33.7 Å². The van der Waals surface area contributed by atoms with E-state index in [9.17, 15) is 13.2 Å². The molecule has 0 fully saturated rings. The van der Waals surface area contributed by atoms with Crippen LogP contribution >= 0.6 is 23.2 Å². The first-order valence-electron chi connectivity index (χ1n) is 6.13. The summed E-state index contributed by atoms with van der Waals surface area (Å²) in [6.45, 7) is 1.60. The molecule has 1 aromatic heterocycles. The molecule has 1 atom stereocenters. The van der Waals surface area contributed by atoms with Crippen LogP contribution in [0, 0.1) is 0 Å². The Balaban J connectivity index is 2.35. The largest absolute Gasteiger partial charge is 0.482 e. The quantitative estimate of drug-likeness (QED) is 0.834. The van der Waals surface area contributed by atoms with Gasteiger partial charge in [-0.05, 0) is 31.2 Å². The average molecular weight is 351 g/mol. The zero-order valence-electron chi connectivity index (χ0n) is 11.3. The van der Waals surface area contributed by atoms with E-state index in [1.54, 1.807) is 19.1 Å². The number of rotatable bonds is 3. The lowest BCUT2D eigenvalue weighted by Crippen LogP contribution is -2.10. The van der Waals surface area contributed by atoms with Gasteiger partial charge in [-0.3, -0.25) is 0 Å². The highest BCUT2D eigenvalue weighted by Gasteiger charge is 2.32. The zero-order chi connectivity index (χ0) is 16.5. The van der Waals surface area contributed by atoms with Crippen LogP contribution in [-0.2, 0) is 6.18 Å². The number of pyridine rings is 1. The third-order valence-electron chi connectivity index (χ3n) is 2.92. The third-order valence-corrected chi connectivity index (χ3v) is 3.54. The lowest BCUT2D eigenvalue weighted by Gasteiger charge is -2.19. The normalized spacial score (nSPS) is 13.0. The van der Waals surface area contributed by atoms with Gasteiger partial charge in [-0.25, -0.2) is 4.98 Å². The van der Waals surface area contributed by atoms with Gasteiger partial charge in [-0.15, -0.1) is 0 Å². The van der Waals surface area contributed by atoms with Crippen molar-refractivity contribution in [2.75, 3.05) is 5.73 Å². The van der Waals surface area contributed by atoms with Crippen molar-refractivity contribution in [1.82, 2.24) is 4.98 Å². The van der Waals surface area contributed by atoms with Crippen LogP contribution in [0.3, 0.4) is 0 Å². The maximum atomic E-state index is 12.7. The molecule has 3 nitrogen and oxygen atoms in total. The molecule has 1 heterocycles. The average Bonchev–Trinajstić information content (AvgIpc) is 2.39. The maximum absolute atomic E-state index is 12.7. The number of hydrogen-bond acceptors (Lipinski definition) is 3. The standard InChI is InChI=1S/C14H11Cl2F3N2O/c1-7(22-11-3-2-4-21-13(11)20)12-9(15)5-8(6-10(12)16)14(17,18)19/h2-7H,1H3,(H2,20,21). The van der Waals surface area contributed by atoms with Gasteiger partial charge in [-0.2, -0.15) is 13.2 Å². The summed E-state index contributed by atoms with van der Waals surface area (Å²) >= 11 is 11.9. The van der Waals surface area contributed by atoms with Crippen molar-refractivity contribution in [1.29, 1.82) is 0 Å². The van der Waals surface area contributed by atoms with E-state index in [0.29, 0.717) is 5.75 Å². The Morgan fingerprint density at radius 1 is 1.23 bits per heavy atom. The summed E-state index contributed by atoms with van der Waals surface area (Å²) in [6, 6.07) is 4.84. The van der Waals surface area contributed by atoms with E-state index in [2.05, 4.69) is 4.98 Å². The molecule has 0 aliphatic carbocycles. The van der Waals surface area contributed by atoms with Crippen LogP contribution < -0.4 is 10.5 Å². The van der Waals surface area contributed by atoms with Gasteiger partial charge < -0.3 is 10.5 Å². The summed E-state index contributed by atoms with van der Waals surface area (Å²) in [5, 5.41) is -0.260. The molecule has 0 aliphatic rings. The summed E-state index contributed by atoms with van der Waals surface area (Å²) in [4.78, 5) is 3.86. The third kappa shape index (κ3) is 3.56. The highest BCUT2D eigenvalue weighted by molar-refractivity contribution is 6.36. The highest BCUT2D eigenvalue weighted by atomic mass is 35.5. The Hall–Kier alpha value is -1.66. The molecule has 0 saturated heterocycles. The van der Waals surface area contributed by atoms with Gasteiger partial charge in [0.05, 0.1) is 5.56 Å². The number of hydrogen-bond donors (Lipinski definition) is 1. The lowest BCUT2D eigenvalue weighted by molar-refractivity contribution is -0.137. The Bertz CT molecular complexity index is 669. The van der Waals surface area contributed by atoms with Gasteiger partial charge in [0.15, 0.2) is 11.6 Å². The predicted molar refractivity (Wildman–Crippen MR) is 79.2 cm³/mol. The van der Waals surface area contributed by atoms with Crippen molar-refractivity contribution in [3.63, 3.8) is 0 Å². The molecule has 0 amide bonds. The molecular weight excluding hydrogens is 340 g/mol. The first-order chi connectivity index (χ1) is 10.2. The highest BCUT2D eigenvalue weighted by Crippen LogP contribution is 2.39. The van der Waals surface area contributed by atoms with Crippen molar-refractivity contribution in [2.45, 2.75) is 19.2 Å². The molecule has 2 rings (SSSR count). The predicted octanol–water partition coefficient (Wildman–Crippen LogP) is 5.13. The number of nitrogen functional groups attached to an aromatic ring is 1. The minimum Gasteiger partial charge on any atom is -0.482 e. The number of nitrogens with two attached hydrogens (primary N) is 1. The van der Waals surface area contributed by atoms with Crippen LogP contribution in [0.1, 0.15) is 24.2 Å². The van der Waals surface area contributed by atoms with Crippen LogP contribution in [0.2, 0.25) is 10.0 Å². The smallest absolute Gasteiger partial charge is 0.416 e. The van der Waals surface area contributed by atoms with E-state index in [-0.39, 0.29) is 21.4 Å². The molecule has 0 bridgehead atoms. The van der Waals surface area contributed by atoms with Gasteiger partial charge in [0.1, 0.15) is 6.10 Å².